The Balaban J connectivity index is 3.48. The van der Waals surface area contributed by atoms with Crippen molar-refractivity contribution >= 4 is 13.3 Å². The van der Waals surface area contributed by atoms with Crippen molar-refractivity contribution in [1.29, 1.82) is 0 Å². The van der Waals surface area contributed by atoms with Crippen molar-refractivity contribution in [1.82, 2.24) is 9.55 Å². The number of nitrogens with zero attached hydrogens (tertiary/aromatic N) is 1. The normalized spacial score (nSPS) is 11.3. The Labute approximate surface area is 128 Å². The summed E-state index contributed by atoms with van der Waals surface area (Å²) in [7, 11) is -3.62. The molecule has 0 aliphatic rings. The summed E-state index contributed by atoms with van der Waals surface area (Å²) < 4.78 is 24.5. The summed E-state index contributed by atoms with van der Waals surface area (Å²) in [6, 6.07) is 1.20. The fourth-order valence-corrected chi connectivity index (χ4v) is 3.58. The highest BCUT2D eigenvalue weighted by Gasteiger charge is 2.32. The van der Waals surface area contributed by atoms with Crippen LogP contribution in [-0.2, 0) is 13.6 Å². The molecule has 0 atom stereocenters. The molecular formula is C14H21N2O5P. The number of H-pyrrole nitrogens is 1. The Morgan fingerprint density at radius 1 is 1.27 bits per heavy atom. The highest BCUT2D eigenvalue weighted by atomic mass is 31.2. The Hall–Kier alpha value is -1.69. The summed E-state index contributed by atoms with van der Waals surface area (Å²) in [4.78, 5) is 25.3. The molecule has 1 aromatic rings. The molecule has 1 aromatic heterocycles. The molecule has 0 unspecified atom stereocenters. The molecule has 0 spiro atoms. The first-order chi connectivity index (χ1) is 10.3. The van der Waals surface area contributed by atoms with Gasteiger partial charge in [-0.05, 0) is 27.7 Å². The van der Waals surface area contributed by atoms with E-state index >= 15 is 0 Å². The van der Waals surface area contributed by atoms with Crippen molar-refractivity contribution in [2.45, 2.75) is 27.7 Å². The van der Waals surface area contributed by atoms with E-state index in [0.29, 0.717) is 11.3 Å². The van der Waals surface area contributed by atoms with Crippen molar-refractivity contribution in [3.63, 3.8) is 0 Å². The number of hydrogen-bond acceptors (Lipinski definition) is 5. The standard InChI is InChI=1S/C14H21N2O5P/c1-6-20-22(19,21-7-2)11(5)13(10(3)4)16-9-8-12(17)15-14(16)18/h8-9H,5-7H2,1-4H3,(H,15,17,18). The number of rotatable bonds is 7. The monoisotopic (exact) mass is 328 g/mol. The minimum absolute atomic E-state index is 0.0744. The molecule has 0 fully saturated rings. The van der Waals surface area contributed by atoms with E-state index < -0.39 is 18.8 Å². The largest absolute Gasteiger partial charge is 0.362 e. The van der Waals surface area contributed by atoms with Gasteiger partial charge < -0.3 is 9.05 Å². The van der Waals surface area contributed by atoms with Gasteiger partial charge in [0.15, 0.2) is 0 Å². The van der Waals surface area contributed by atoms with E-state index in [0.717, 1.165) is 0 Å². The molecular weight excluding hydrogens is 307 g/mol. The average molecular weight is 328 g/mol. The first-order valence-corrected chi connectivity index (χ1v) is 8.39. The smallest absolute Gasteiger partial charge is 0.305 e. The predicted molar refractivity (Wildman–Crippen MR) is 85.9 cm³/mol. The van der Waals surface area contributed by atoms with Crippen LogP contribution < -0.4 is 11.2 Å². The third-order valence-electron chi connectivity index (χ3n) is 2.74. The number of allylic oxidation sites excluding steroid dienone is 3. The van der Waals surface area contributed by atoms with E-state index in [9.17, 15) is 14.2 Å². The summed E-state index contributed by atoms with van der Waals surface area (Å²) in [5.41, 5.74) is -0.188. The van der Waals surface area contributed by atoms with Gasteiger partial charge in [-0.25, -0.2) is 4.79 Å². The highest BCUT2D eigenvalue weighted by molar-refractivity contribution is 7.59. The van der Waals surface area contributed by atoms with E-state index in [4.69, 9.17) is 9.05 Å². The van der Waals surface area contributed by atoms with E-state index in [1.807, 2.05) is 0 Å². The molecule has 0 saturated heterocycles. The van der Waals surface area contributed by atoms with Gasteiger partial charge in [0.05, 0.1) is 24.2 Å². The molecule has 0 amide bonds. The molecule has 0 bridgehead atoms. The molecule has 1 N–H and O–H groups in total. The Morgan fingerprint density at radius 2 is 1.82 bits per heavy atom. The first-order valence-electron chi connectivity index (χ1n) is 6.85. The Bertz CT molecular complexity index is 730. The second kappa shape index (κ2) is 7.54. The van der Waals surface area contributed by atoms with Crippen LogP contribution in [0.4, 0.5) is 0 Å². The van der Waals surface area contributed by atoms with Gasteiger partial charge in [-0.3, -0.25) is 18.9 Å². The zero-order valence-corrected chi connectivity index (χ0v) is 14.1. The van der Waals surface area contributed by atoms with Gasteiger partial charge in [0.2, 0.25) is 0 Å². The van der Waals surface area contributed by atoms with E-state index in [2.05, 4.69) is 11.6 Å². The molecule has 0 aliphatic heterocycles. The zero-order chi connectivity index (χ0) is 16.9. The molecule has 0 aliphatic carbocycles. The first kappa shape index (κ1) is 18.4. The van der Waals surface area contributed by atoms with Crippen molar-refractivity contribution in [3.05, 3.63) is 50.6 Å². The molecule has 122 valence electrons. The third kappa shape index (κ3) is 3.94. The third-order valence-corrected chi connectivity index (χ3v) is 4.81. The van der Waals surface area contributed by atoms with Crippen LogP contribution in [0.5, 0.6) is 0 Å². The number of aromatic amines is 1. The van der Waals surface area contributed by atoms with E-state index in [1.165, 1.54) is 16.8 Å². The molecule has 1 rings (SSSR count). The summed E-state index contributed by atoms with van der Waals surface area (Å²) >= 11 is 0. The number of aromatic nitrogens is 2. The summed E-state index contributed by atoms with van der Waals surface area (Å²) in [6.45, 7) is 11.0. The van der Waals surface area contributed by atoms with Gasteiger partial charge in [-0.15, -0.1) is 0 Å². The summed E-state index contributed by atoms with van der Waals surface area (Å²) in [6.07, 6.45) is 1.30. The van der Waals surface area contributed by atoms with Crippen LogP contribution in [0.2, 0.25) is 0 Å². The van der Waals surface area contributed by atoms with Gasteiger partial charge in [0.25, 0.3) is 5.56 Å². The maximum absolute atomic E-state index is 12.8. The quantitative estimate of drug-likeness (QED) is 0.613. The van der Waals surface area contributed by atoms with Gasteiger partial charge >= 0.3 is 13.3 Å². The van der Waals surface area contributed by atoms with Crippen LogP contribution in [0.25, 0.3) is 5.70 Å². The lowest BCUT2D eigenvalue weighted by Gasteiger charge is -2.22. The van der Waals surface area contributed by atoms with Crippen LogP contribution in [0, 0.1) is 0 Å². The second-order valence-electron chi connectivity index (χ2n) is 4.61. The fourth-order valence-electron chi connectivity index (χ4n) is 1.92. The average Bonchev–Trinajstić information content (AvgIpc) is 2.41. The lowest BCUT2D eigenvalue weighted by atomic mass is 10.2. The van der Waals surface area contributed by atoms with E-state index in [-0.39, 0.29) is 18.5 Å². The van der Waals surface area contributed by atoms with E-state index in [1.54, 1.807) is 27.7 Å². The van der Waals surface area contributed by atoms with Gasteiger partial charge in [-0.2, -0.15) is 0 Å². The Kier molecular flexibility index (Phi) is 6.29. The highest BCUT2D eigenvalue weighted by Crippen LogP contribution is 2.58. The summed E-state index contributed by atoms with van der Waals surface area (Å²) in [5, 5.41) is 0.0744. The van der Waals surface area contributed by atoms with Crippen molar-refractivity contribution in [3.8, 4) is 0 Å². The van der Waals surface area contributed by atoms with Crippen LogP contribution >= 0.6 is 7.60 Å². The molecule has 22 heavy (non-hydrogen) atoms. The predicted octanol–water partition coefficient (Wildman–Crippen LogP) is 2.57. The number of nitrogens with one attached hydrogen (secondary N) is 1. The van der Waals surface area contributed by atoms with Crippen LogP contribution in [0.1, 0.15) is 27.7 Å². The lowest BCUT2D eigenvalue weighted by molar-refractivity contribution is 0.227. The topological polar surface area (TPSA) is 90.4 Å². The molecule has 8 heteroatoms. The lowest BCUT2D eigenvalue weighted by Crippen LogP contribution is -2.29. The van der Waals surface area contributed by atoms with Gasteiger partial charge in [-0.1, -0.05) is 12.2 Å². The second-order valence-corrected chi connectivity index (χ2v) is 6.66. The molecule has 0 saturated carbocycles. The SMILES string of the molecule is C=C(C(=C(C)C)n1ccc(=O)[nH]c1=O)P(=O)(OCC)OCC. The minimum Gasteiger partial charge on any atom is -0.305 e. The van der Waals surface area contributed by atoms with Crippen LogP contribution in [0.3, 0.4) is 0 Å². The molecule has 0 aromatic carbocycles. The van der Waals surface area contributed by atoms with Crippen LogP contribution in [-0.4, -0.2) is 22.8 Å². The van der Waals surface area contributed by atoms with Crippen molar-refractivity contribution < 1.29 is 13.6 Å². The van der Waals surface area contributed by atoms with Crippen LogP contribution in [0.15, 0.2) is 39.3 Å². The zero-order valence-electron chi connectivity index (χ0n) is 13.2. The maximum atomic E-state index is 12.8. The van der Waals surface area contributed by atoms with Gasteiger partial charge in [0.1, 0.15) is 0 Å². The summed E-state index contributed by atoms with van der Waals surface area (Å²) in [5.74, 6) is 0. The maximum Gasteiger partial charge on any atom is 0.362 e. The molecule has 7 nitrogen and oxygen atoms in total. The van der Waals surface area contributed by atoms with Gasteiger partial charge in [0, 0.05) is 12.3 Å². The number of hydrogen-bond donors (Lipinski definition) is 1. The van der Waals surface area contributed by atoms with Crippen molar-refractivity contribution in [2.24, 2.45) is 0 Å². The Morgan fingerprint density at radius 3 is 2.23 bits per heavy atom. The van der Waals surface area contributed by atoms with Crippen molar-refractivity contribution in [2.75, 3.05) is 13.2 Å². The molecule has 0 radical (unpaired) electrons. The minimum atomic E-state index is -3.62. The fraction of sp³-hybridized carbons (Fsp3) is 0.429. The molecule has 1 heterocycles.